The van der Waals surface area contributed by atoms with Gasteiger partial charge in [-0.05, 0) is 56.7 Å². The fourth-order valence-electron chi connectivity index (χ4n) is 3.31. The summed E-state index contributed by atoms with van der Waals surface area (Å²) in [7, 11) is 0. The Labute approximate surface area is 122 Å². The summed E-state index contributed by atoms with van der Waals surface area (Å²) in [4.78, 5) is 2.56. The van der Waals surface area contributed by atoms with Crippen LogP contribution in [0.2, 0.25) is 0 Å². The molecule has 3 heteroatoms. The van der Waals surface area contributed by atoms with Gasteiger partial charge in [-0.1, -0.05) is 24.3 Å². The molecule has 2 unspecified atom stereocenters. The lowest BCUT2D eigenvalue weighted by Gasteiger charge is -2.26. The lowest BCUT2D eigenvalue weighted by atomic mass is 9.99. The molecule has 1 heterocycles. The molecular formula is C17H28N2O. The first kappa shape index (κ1) is 15.5. The van der Waals surface area contributed by atoms with Crippen molar-refractivity contribution in [1.82, 2.24) is 4.90 Å². The summed E-state index contributed by atoms with van der Waals surface area (Å²) in [5.74, 6) is 0. The number of nitrogens with two attached hydrogens (primary N) is 1. The Morgan fingerprint density at radius 1 is 1.40 bits per heavy atom. The lowest BCUT2D eigenvalue weighted by Crippen LogP contribution is -2.32. The van der Waals surface area contributed by atoms with E-state index in [9.17, 15) is 0 Å². The molecule has 1 fully saturated rings. The van der Waals surface area contributed by atoms with E-state index in [0.29, 0.717) is 12.6 Å². The first-order valence-corrected chi connectivity index (χ1v) is 7.88. The Morgan fingerprint density at radius 2 is 2.20 bits per heavy atom. The highest BCUT2D eigenvalue weighted by Crippen LogP contribution is 2.24. The number of nitrogens with zero attached hydrogens (tertiary/aromatic N) is 1. The molecule has 2 atom stereocenters. The molecule has 0 radical (unpaired) electrons. The van der Waals surface area contributed by atoms with Gasteiger partial charge in [0.1, 0.15) is 0 Å². The van der Waals surface area contributed by atoms with E-state index in [2.05, 4.69) is 36.1 Å². The SMILES string of the molecule is Cc1ccccc1C(N)CCN1CCCC1CCCO. The maximum absolute atomic E-state index is 8.97. The fraction of sp³-hybridized carbons (Fsp3) is 0.647. The molecule has 1 aliphatic rings. The third-order valence-electron chi connectivity index (χ3n) is 4.51. The molecular weight excluding hydrogens is 248 g/mol. The van der Waals surface area contributed by atoms with Crippen molar-refractivity contribution in [2.45, 2.75) is 51.1 Å². The van der Waals surface area contributed by atoms with Crippen LogP contribution in [-0.2, 0) is 0 Å². The minimum atomic E-state index is 0.135. The Bertz CT molecular complexity index is 408. The zero-order valence-electron chi connectivity index (χ0n) is 12.6. The number of likely N-dealkylation sites (tertiary alicyclic amines) is 1. The van der Waals surface area contributed by atoms with Gasteiger partial charge in [0.15, 0.2) is 0 Å². The Kier molecular flexibility index (Phi) is 6.02. The van der Waals surface area contributed by atoms with E-state index in [0.717, 1.165) is 25.8 Å². The summed E-state index contributed by atoms with van der Waals surface area (Å²) in [6.45, 7) is 4.71. The number of aliphatic hydroxyl groups excluding tert-OH is 1. The van der Waals surface area contributed by atoms with Crippen LogP contribution in [-0.4, -0.2) is 35.7 Å². The van der Waals surface area contributed by atoms with Crippen molar-refractivity contribution < 1.29 is 5.11 Å². The van der Waals surface area contributed by atoms with E-state index in [4.69, 9.17) is 10.8 Å². The first-order chi connectivity index (χ1) is 9.72. The highest BCUT2D eigenvalue weighted by Gasteiger charge is 2.24. The van der Waals surface area contributed by atoms with Crippen LogP contribution < -0.4 is 5.73 Å². The van der Waals surface area contributed by atoms with Crippen molar-refractivity contribution in [1.29, 1.82) is 0 Å². The minimum Gasteiger partial charge on any atom is -0.396 e. The molecule has 3 nitrogen and oxygen atoms in total. The Morgan fingerprint density at radius 3 is 2.95 bits per heavy atom. The van der Waals surface area contributed by atoms with Gasteiger partial charge in [-0.15, -0.1) is 0 Å². The summed E-state index contributed by atoms with van der Waals surface area (Å²) in [5, 5.41) is 8.97. The topological polar surface area (TPSA) is 49.5 Å². The van der Waals surface area contributed by atoms with Crippen molar-refractivity contribution in [3.05, 3.63) is 35.4 Å². The number of aryl methyl sites for hydroxylation is 1. The molecule has 112 valence electrons. The zero-order chi connectivity index (χ0) is 14.4. The second-order valence-corrected chi connectivity index (χ2v) is 5.95. The Hall–Kier alpha value is -0.900. The second-order valence-electron chi connectivity index (χ2n) is 5.95. The number of benzene rings is 1. The molecule has 3 N–H and O–H groups in total. The molecule has 1 aliphatic heterocycles. The van der Waals surface area contributed by atoms with Crippen LogP contribution in [0.25, 0.3) is 0 Å². The molecule has 1 saturated heterocycles. The van der Waals surface area contributed by atoms with Crippen LogP contribution >= 0.6 is 0 Å². The molecule has 0 spiro atoms. The van der Waals surface area contributed by atoms with Crippen molar-refractivity contribution in [3.8, 4) is 0 Å². The molecule has 0 bridgehead atoms. The van der Waals surface area contributed by atoms with Crippen LogP contribution in [0.5, 0.6) is 0 Å². The van der Waals surface area contributed by atoms with Gasteiger partial charge in [-0.25, -0.2) is 0 Å². The van der Waals surface area contributed by atoms with Crippen molar-refractivity contribution in [2.24, 2.45) is 5.73 Å². The van der Waals surface area contributed by atoms with Crippen molar-refractivity contribution in [2.75, 3.05) is 19.7 Å². The summed E-state index contributed by atoms with van der Waals surface area (Å²) >= 11 is 0. The van der Waals surface area contributed by atoms with Gasteiger partial charge in [0.05, 0.1) is 0 Å². The number of rotatable bonds is 7. The summed E-state index contributed by atoms with van der Waals surface area (Å²) in [6, 6.07) is 9.21. The average Bonchev–Trinajstić information content (AvgIpc) is 2.90. The standard InChI is InChI=1S/C17H28N2O/c1-14-6-2-3-9-16(14)17(18)10-12-19-11-4-7-15(19)8-5-13-20/h2-3,6,9,15,17,20H,4-5,7-8,10-13,18H2,1H3. The molecule has 2 rings (SSSR count). The molecule has 0 aliphatic carbocycles. The van der Waals surface area contributed by atoms with E-state index in [1.165, 1.54) is 30.5 Å². The lowest BCUT2D eigenvalue weighted by molar-refractivity contribution is 0.211. The summed E-state index contributed by atoms with van der Waals surface area (Å²) in [6.07, 6.45) is 5.62. The van der Waals surface area contributed by atoms with Crippen LogP contribution in [0.1, 0.15) is 49.3 Å². The zero-order valence-corrected chi connectivity index (χ0v) is 12.6. The van der Waals surface area contributed by atoms with Crippen molar-refractivity contribution in [3.63, 3.8) is 0 Å². The number of aliphatic hydroxyl groups is 1. The first-order valence-electron chi connectivity index (χ1n) is 7.88. The molecule has 0 aromatic heterocycles. The largest absolute Gasteiger partial charge is 0.396 e. The maximum atomic E-state index is 8.97. The number of hydrogen-bond acceptors (Lipinski definition) is 3. The van der Waals surface area contributed by atoms with Crippen LogP contribution in [0.15, 0.2) is 24.3 Å². The Balaban J connectivity index is 1.83. The molecule has 0 amide bonds. The van der Waals surface area contributed by atoms with Crippen molar-refractivity contribution >= 4 is 0 Å². The summed E-state index contributed by atoms with van der Waals surface area (Å²) < 4.78 is 0. The van der Waals surface area contributed by atoms with E-state index in [1.807, 2.05) is 0 Å². The van der Waals surface area contributed by atoms with Crippen LogP contribution in [0.4, 0.5) is 0 Å². The van der Waals surface area contributed by atoms with Gasteiger partial charge in [0.25, 0.3) is 0 Å². The summed E-state index contributed by atoms with van der Waals surface area (Å²) in [5.41, 5.74) is 8.92. The van der Waals surface area contributed by atoms with Gasteiger partial charge in [0, 0.05) is 25.2 Å². The number of hydrogen-bond donors (Lipinski definition) is 2. The second kappa shape index (κ2) is 7.77. The molecule has 1 aromatic carbocycles. The maximum Gasteiger partial charge on any atom is 0.0431 e. The third kappa shape index (κ3) is 4.05. The highest BCUT2D eigenvalue weighted by atomic mass is 16.2. The van der Waals surface area contributed by atoms with Crippen LogP contribution in [0.3, 0.4) is 0 Å². The van der Waals surface area contributed by atoms with Gasteiger partial charge in [-0.2, -0.15) is 0 Å². The van der Waals surface area contributed by atoms with E-state index < -0.39 is 0 Å². The van der Waals surface area contributed by atoms with E-state index in [1.54, 1.807) is 0 Å². The predicted molar refractivity (Wildman–Crippen MR) is 83.6 cm³/mol. The highest BCUT2D eigenvalue weighted by molar-refractivity contribution is 5.28. The quantitative estimate of drug-likeness (QED) is 0.805. The normalized spacial score (nSPS) is 21.2. The fourth-order valence-corrected chi connectivity index (χ4v) is 3.31. The van der Waals surface area contributed by atoms with Gasteiger partial charge >= 0.3 is 0 Å². The average molecular weight is 276 g/mol. The van der Waals surface area contributed by atoms with Gasteiger partial charge in [0.2, 0.25) is 0 Å². The third-order valence-corrected chi connectivity index (χ3v) is 4.51. The van der Waals surface area contributed by atoms with E-state index in [-0.39, 0.29) is 6.04 Å². The smallest absolute Gasteiger partial charge is 0.0431 e. The molecule has 0 saturated carbocycles. The van der Waals surface area contributed by atoms with Gasteiger partial charge < -0.3 is 15.7 Å². The monoisotopic (exact) mass is 276 g/mol. The van der Waals surface area contributed by atoms with Gasteiger partial charge in [-0.3, -0.25) is 0 Å². The minimum absolute atomic E-state index is 0.135. The molecule has 1 aromatic rings. The molecule has 20 heavy (non-hydrogen) atoms. The van der Waals surface area contributed by atoms with Crippen LogP contribution in [0, 0.1) is 6.92 Å². The van der Waals surface area contributed by atoms with E-state index >= 15 is 0 Å². The predicted octanol–water partition coefficient (Wildman–Crippen LogP) is 2.62.